The zero-order chi connectivity index (χ0) is 24.3. The second-order valence-electron chi connectivity index (χ2n) is 7.86. The second kappa shape index (κ2) is 9.52. The van der Waals surface area contributed by atoms with Crippen molar-refractivity contribution in [2.24, 2.45) is 0 Å². The Morgan fingerprint density at radius 1 is 1.15 bits per heavy atom. The van der Waals surface area contributed by atoms with Crippen molar-refractivity contribution >= 4 is 11.7 Å². The van der Waals surface area contributed by atoms with Crippen LogP contribution in [0.2, 0.25) is 0 Å². The number of nitriles is 1. The number of amides is 2. The third kappa shape index (κ3) is 5.18. The fourth-order valence-corrected chi connectivity index (χ4v) is 3.69. The average Bonchev–Trinajstić information content (AvgIpc) is 3.34. The highest BCUT2D eigenvalue weighted by Crippen LogP contribution is 2.32. The molecule has 1 saturated heterocycles. The van der Waals surface area contributed by atoms with E-state index in [1.165, 1.54) is 12.1 Å². The van der Waals surface area contributed by atoms with Crippen molar-refractivity contribution in [2.45, 2.75) is 19.1 Å². The third-order valence-electron chi connectivity index (χ3n) is 5.64. The van der Waals surface area contributed by atoms with Gasteiger partial charge in [0.25, 0.3) is 0 Å². The van der Waals surface area contributed by atoms with E-state index in [4.69, 9.17) is 9.78 Å². The summed E-state index contributed by atoms with van der Waals surface area (Å²) in [4.78, 5) is 20.6. The molecule has 4 rings (SSSR count). The first kappa shape index (κ1) is 23.3. The van der Waals surface area contributed by atoms with Gasteiger partial charge >= 0.3 is 12.2 Å². The van der Waals surface area contributed by atoms with Gasteiger partial charge in [-0.05, 0) is 37.3 Å². The van der Waals surface area contributed by atoms with Crippen LogP contribution in [0.3, 0.4) is 0 Å². The molecule has 2 heterocycles. The summed E-state index contributed by atoms with van der Waals surface area (Å²) in [5.41, 5.74) is 0.450. The lowest BCUT2D eigenvalue weighted by atomic mass is 10.1. The van der Waals surface area contributed by atoms with Crippen LogP contribution in [0.4, 0.5) is 23.7 Å². The first-order valence-corrected chi connectivity index (χ1v) is 10.6. The molecule has 8 nitrogen and oxygen atoms in total. The van der Waals surface area contributed by atoms with Gasteiger partial charge in [0.15, 0.2) is 0 Å². The maximum atomic E-state index is 13.0. The molecule has 1 aromatic heterocycles. The molecule has 0 saturated carbocycles. The highest BCUT2D eigenvalue weighted by molar-refractivity contribution is 5.89. The largest absolute Gasteiger partial charge is 0.416 e. The summed E-state index contributed by atoms with van der Waals surface area (Å²) in [6.07, 6.45) is -4.46. The predicted octanol–water partition coefficient (Wildman–Crippen LogP) is 4.54. The monoisotopic (exact) mass is 470 g/mol. The van der Waals surface area contributed by atoms with Crippen LogP contribution in [0.15, 0.2) is 53.1 Å². The van der Waals surface area contributed by atoms with Crippen LogP contribution in [0.25, 0.3) is 11.4 Å². The van der Waals surface area contributed by atoms with Gasteiger partial charge in [0.05, 0.1) is 23.2 Å². The molecule has 3 aromatic rings. The molecule has 34 heavy (non-hydrogen) atoms. The lowest BCUT2D eigenvalue weighted by Gasteiger charge is -2.36. The van der Waals surface area contributed by atoms with Gasteiger partial charge in [0, 0.05) is 37.4 Å². The Balaban J connectivity index is 1.36. The van der Waals surface area contributed by atoms with Crippen LogP contribution in [0, 0.1) is 11.3 Å². The molecule has 11 heteroatoms. The molecule has 176 valence electrons. The first-order valence-electron chi connectivity index (χ1n) is 10.6. The fraction of sp³-hybridized carbons (Fsp3) is 0.304. The predicted molar refractivity (Wildman–Crippen MR) is 116 cm³/mol. The number of halogens is 3. The number of anilines is 1. The van der Waals surface area contributed by atoms with Gasteiger partial charge in [0.2, 0.25) is 11.7 Å². The number of nitrogens with one attached hydrogen (secondary N) is 1. The molecule has 1 aliphatic heterocycles. The molecule has 1 unspecified atom stereocenters. The maximum Gasteiger partial charge on any atom is 0.416 e. The Bertz CT molecular complexity index is 1210. The Morgan fingerprint density at radius 3 is 2.59 bits per heavy atom. The lowest BCUT2D eigenvalue weighted by Crippen LogP contribution is -2.50. The third-order valence-corrected chi connectivity index (χ3v) is 5.64. The van der Waals surface area contributed by atoms with Crippen molar-refractivity contribution < 1.29 is 22.5 Å². The fourth-order valence-electron chi connectivity index (χ4n) is 3.69. The van der Waals surface area contributed by atoms with Gasteiger partial charge in [-0.3, -0.25) is 4.90 Å². The van der Waals surface area contributed by atoms with Gasteiger partial charge in [0.1, 0.15) is 0 Å². The molecular weight excluding hydrogens is 449 g/mol. The second-order valence-corrected chi connectivity index (χ2v) is 7.86. The van der Waals surface area contributed by atoms with Crippen molar-refractivity contribution in [3.05, 3.63) is 65.5 Å². The summed E-state index contributed by atoms with van der Waals surface area (Å²) in [6.45, 7) is 3.89. The zero-order valence-corrected chi connectivity index (χ0v) is 18.2. The normalized spacial score (nSPS) is 15.6. The number of alkyl halides is 3. The van der Waals surface area contributed by atoms with E-state index in [-0.39, 0.29) is 23.5 Å². The molecule has 1 atom stereocenters. The molecule has 2 amide bonds. The van der Waals surface area contributed by atoms with E-state index in [2.05, 4.69) is 20.4 Å². The van der Waals surface area contributed by atoms with Crippen molar-refractivity contribution in [1.29, 1.82) is 5.26 Å². The highest BCUT2D eigenvalue weighted by atomic mass is 19.4. The number of carbonyl (C=O) groups excluding carboxylic acids is 1. The zero-order valence-electron chi connectivity index (χ0n) is 18.2. The standard InChI is InChI=1S/C23H21F3N6O2/c1-15(21-29-20(30-34-21)17-5-3-6-18(13-17)23(24,25)26)31-8-10-32(11-9-31)22(33)28-19-7-2-4-16(12-19)14-27/h2-7,12-13,15H,8-11H2,1H3,(H,28,33). The SMILES string of the molecule is CC(c1nc(-c2cccc(C(F)(F)F)c2)no1)N1CCN(C(=O)Nc2cccc(C#N)c2)CC1. The summed E-state index contributed by atoms with van der Waals surface area (Å²) in [5, 5.41) is 15.6. The van der Waals surface area contributed by atoms with Crippen molar-refractivity contribution in [3.63, 3.8) is 0 Å². The average molecular weight is 470 g/mol. The summed E-state index contributed by atoms with van der Waals surface area (Å²) in [6, 6.07) is 13.0. The van der Waals surface area contributed by atoms with Crippen LogP contribution in [-0.4, -0.2) is 52.2 Å². The van der Waals surface area contributed by atoms with Gasteiger partial charge in [-0.15, -0.1) is 0 Å². The Hall–Kier alpha value is -3.91. The van der Waals surface area contributed by atoms with Crippen molar-refractivity contribution in [3.8, 4) is 17.5 Å². The van der Waals surface area contributed by atoms with E-state index in [0.29, 0.717) is 43.3 Å². The summed E-state index contributed by atoms with van der Waals surface area (Å²) in [7, 11) is 0. The van der Waals surface area contributed by atoms with E-state index in [0.717, 1.165) is 12.1 Å². The maximum absolute atomic E-state index is 13.0. The van der Waals surface area contributed by atoms with Crippen LogP contribution in [0.5, 0.6) is 0 Å². The van der Waals surface area contributed by atoms with Crippen molar-refractivity contribution in [2.75, 3.05) is 31.5 Å². The summed E-state index contributed by atoms with van der Waals surface area (Å²) >= 11 is 0. The van der Waals surface area contributed by atoms with Gasteiger partial charge in [-0.1, -0.05) is 23.4 Å². The minimum atomic E-state index is -4.46. The summed E-state index contributed by atoms with van der Waals surface area (Å²) < 4.78 is 44.3. The number of piperazine rings is 1. The van der Waals surface area contributed by atoms with Crippen molar-refractivity contribution in [1.82, 2.24) is 19.9 Å². The number of carbonyl (C=O) groups is 1. The molecule has 0 spiro atoms. The Kier molecular flexibility index (Phi) is 6.51. The molecule has 1 N–H and O–H groups in total. The van der Waals surface area contributed by atoms with Gasteiger partial charge in [-0.25, -0.2) is 4.79 Å². The van der Waals surface area contributed by atoms with E-state index < -0.39 is 11.7 Å². The Morgan fingerprint density at radius 2 is 1.88 bits per heavy atom. The topological polar surface area (TPSA) is 98.3 Å². The molecule has 0 aliphatic carbocycles. The first-order chi connectivity index (χ1) is 16.2. The molecule has 1 aliphatic rings. The number of nitrogens with zero attached hydrogens (tertiary/aromatic N) is 5. The smallest absolute Gasteiger partial charge is 0.337 e. The molecular formula is C23H21F3N6O2. The van der Waals surface area contributed by atoms with Crippen LogP contribution < -0.4 is 5.32 Å². The number of hydrogen-bond acceptors (Lipinski definition) is 6. The minimum absolute atomic E-state index is 0.0885. The number of rotatable bonds is 4. The van der Waals surface area contributed by atoms with E-state index in [1.54, 1.807) is 29.2 Å². The number of aromatic nitrogens is 2. The molecule has 1 fully saturated rings. The Labute approximate surface area is 193 Å². The van der Waals surface area contributed by atoms with Gasteiger partial charge < -0.3 is 14.7 Å². The molecule has 2 aromatic carbocycles. The molecule has 0 radical (unpaired) electrons. The van der Waals surface area contributed by atoms with E-state index in [1.807, 2.05) is 13.0 Å². The van der Waals surface area contributed by atoms with Crippen LogP contribution >= 0.6 is 0 Å². The quantitative estimate of drug-likeness (QED) is 0.601. The van der Waals surface area contributed by atoms with Crippen LogP contribution in [0.1, 0.15) is 30.0 Å². The highest BCUT2D eigenvalue weighted by Gasteiger charge is 2.31. The van der Waals surface area contributed by atoms with Crippen LogP contribution in [-0.2, 0) is 6.18 Å². The summed E-state index contributed by atoms with van der Waals surface area (Å²) in [5.74, 6) is 0.379. The van der Waals surface area contributed by atoms with Gasteiger partial charge in [-0.2, -0.15) is 23.4 Å². The van der Waals surface area contributed by atoms with E-state index >= 15 is 0 Å². The number of hydrogen-bond donors (Lipinski definition) is 1. The number of benzene rings is 2. The minimum Gasteiger partial charge on any atom is -0.337 e. The van der Waals surface area contributed by atoms with E-state index in [9.17, 15) is 18.0 Å². The molecule has 0 bridgehead atoms. The number of urea groups is 1. The lowest BCUT2D eigenvalue weighted by molar-refractivity contribution is -0.137.